The molecule has 0 saturated heterocycles. The normalized spacial score (nSPS) is 9.77. The molecule has 0 atom stereocenters. The third-order valence-corrected chi connectivity index (χ3v) is 2.93. The van der Waals surface area contributed by atoms with E-state index in [0.717, 1.165) is 31.4 Å². The van der Waals surface area contributed by atoms with Gasteiger partial charge < -0.3 is 10.1 Å². The van der Waals surface area contributed by atoms with E-state index >= 15 is 0 Å². The van der Waals surface area contributed by atoms with Crippen molar-refractivity contribution in [2.45, 2.75) is 39.5 Å². The van der Waals surface area contributed by atoms with Crippen LogP contribution < -0.4 is 15.5 Å². The highest BCUT2D eigenvalue weighted by Gasteiger charge is 2.13. The minimum atomic E-state index is -0.785. The fourth-order valence-corrected chi connectivity index (χ4v) is 1.88. The molecule has 1 rings (SSSR count). The maximum atomic E-state index is 11.8. The first-order chi connectivity index (χ1) is 10.6. The summed E-state index contributed by atoms with van der Waals surface area (Å²) in [7, 11) is 1.53. The Labute approximate surface area is 130 Å². The van der Waals surface area contributed by atoms with Gasteiger partial charge in [-0.2, -0.15) is 5.10 Å². The van der Waals surface area contributed by atoms with Crippen LogP contribution in [0.3, 0.4) is 0 Å². The van der Waals surface area contributed by atoms with Gasteiger partial charge in [-0.1, -0.05) is 32.8 Å². The number of rotatable bonds is 7. The van der Waals surface area contributed by atoms with Crippen LogP contribution in [-0.2, 0) is 9.59 Å². The van der Waals surface area contributed by atoms with Crippen molar-refractivity contribution in [2.24, 2.45) is 5.10 Å². The summed E-state index contributed by atoms with van der Waals surface area (Å²) in [6, 6.07) is 6.79. The molecule has 0 bridgehead atoms. The van der Waals surface area contributed by atoms with E-state index in [1.54, 1.807) is 24.3 Å². The molecular formula is C16H23N3O3. The standard InChI is InChI=1S/C16H23N3O3/c1-4-7-12(8-5-2)18-19-16(21)15(20)17-13-9-6-10-14(11-13)22-3/h6,9-11H,4-5,7-8H2,1-3H3,(H,17,20)(H,19,21). The monoisotopic (exact) mass is 305 g/mol. The maximum Gasteiger partial charge on any atom is 0.329 e. The van der Waals surface area contributed by atoms with Crippen LogP contribution in [-0.4, -0.2) is 24.6 Å². The molecule has 0 saturated carbocycles. The molecule has 2 N–H and O–H groups in total. The minimum Gasteiger partial charge on any atom is -0.497 e. The van der Waals surface area contributed by atoms with Crippen LogP contribution in [0.1, 0.15) is 39.5 Å². The molecule has 0 unspecified atom stereocenters. The lowest BCUT2D eigenvalue weighted by Crippen LogP contribution is -2.33. The third-order valence-electron chi connectivity index (χ3n) is 2.93. The van der Waals surface area contributed by atoms with Gasteiger partial charge in [-0.3, -0.25) is 9.59 Å². The molecule has 1 aromatic rings. The van der Waals surface area contributed by atoms with E-state index in [1.165, 1.54) is 7.11 Å². The molecule has 0 fully saturated rings. The zero-order chi connectivity index (χ0) is 16.4. The Kier molecular flexibility index (Phi) is 7.67. The van der Waals surface area contributed by atoms with E-state index < -0.39 is 11.8 Å². The Balaban J connectivity index is 2.60. The summed E-state index contributed by atoms with van der Waals surface area (Å²) in [6.07, 6.45) is 3.52. The van der Waals surface area contributed by atoms with E-state index in [-0.39, 0.29) is 0 Å². The number of nitrogens with zero attached hydrogens (tertiary/aromatic N) is 1. The number of hydrogen-bond donors (Lipinski definition) is 2. The zero-order valence-corrected chi connectivity index (χ0v) is 13.3. The second kappa shape index (κ2) is 9.55. The minimum absolute atomic E-state index is 0.491. The first kappa shape index (κ1) is 17.7. The van der Waals surface area contributed by atoms with Crippen molar-refractivity contribution in [3.63, 3.8) is 0 Å². The van der Waals surface area contributed by atoms with Crippen LogP contribution in [0.15, 0.2) is 29.4 Å². The second-order valence-corrected chi connectivity index (χ2v) is 4.81. The summed E-state index contributed by atoms with van der Waals surface area (Å²) < 4.78 is 5.06. The van der Waals surface area contributed by atoms with E-state index in [1.807, 2.05) is 13.8 Å². The summed E-state index contributed by atoms with van der Waals surface area (Å²) in [5, 5.41) is 6.54. The third kappa shape index (κ3) is 5.95. The number of anilines is 1. The summed E-state index contributed by atoms with van der Waals surface area (Å²) >= 11 is 0. The topological polar surface area (TPSA) is 79.8 Å². The fourth-order valence-electron chi connectivity index (χ4n) is 1.88. The average molecular weight is 305 g/mol. The number of hydrazone groups is 1. The summed E-state index contributed by atoms with van der Waals surface area (Å²) in [5.74, 6) is -0.943. The molecule has 0 aliphatic carbocycles. The number of amides is 2. The van der Waals surface area contributed by atoms with Crippen molar-refractivity contribution < 1.29 is 14.3 Å². The predicted molar refractivity (Wildman–Crippen MR) is 87.0 cm³/mol. The Hall–Kier alpha value is -2.37. The molecule has 0 aliphatic rings. The van der Waals surface area contributed by atoms with Gasteiger partial charge in [0, 0.05) is 17.5 Å². The van der Waals surface area contributed by atoms with E-state index in [4.69, 9.17) is 4.74 Å². The number of carbonyl (C=O) groups excluding carboxylic acids is 2. The molecule has 6 nitrogen and oxygen atoms in total. The number of nitrogens with one attached hydrogen (secondary N) is 2. The SMILES string of the molecule is CCCC(CCC)=NNC(=O)C(=O)Nc1cccc(OC)c1. The molecule has 0 spiro atoms. The Bertz CT molecular complexity index is 533. The Morgan fingerprint density at radius 2 is 1.82 bits per heavy atom. The van der Waals surface area contributed by atoms with Crippen molar-refractivity contribution in [1.82, 2.24) is 5.43 Å². The number of hydrogen-bond acceptors (Lipinski definition) is 4. The van der Waals surface area contributed by atoms with Crippen LogP contribution in [0.5, 0.6) is 5.75 Å². The highest BCUT2D eigenvalue weighted by atomic mass is 16.5. The summed E-state index contributed by atoms with van der Waals surface area (Å²) in [4.78, 5) is 23.6. The van der Waals surface area contributed by atoms with Gasteiger partial charge in [0.25, 0.3) is 0 Å². The van der Waals surface area contributed by atoms with Crippen molar-refractivity contribution >= 4 is 23.2 Å². The van der Waals surface area contributed by atoms with Crippen LogP contribution in [0.2, 0.25) is 0 Å². The first-order valence-corrected chi connectivity index (χ1v) is 7.41. The van der Waals surface area contributed by atoms with Crippen molar-refractivity contribution in [3.05, 3.63) is 24.3 Å². The van der Waals surface area contributed by atoms with E-state index in [9.17, 15) is 9.59 Å². The first-order valence-electron chi connectivity index (χ1n) is 7.41. The lowest BCUT2D eigenvalue weighted by molar-refractivity contribution is -0.136. The second-order valence-electron chi connectivity index (χ2n) is 4.81. The van der Waals surface area contributed by atoms with Crippen molar-refractivity contribution in [2.75, 3.05) is 12.4 Å². The van der Waals surface area contributed by atoms with Crippen LogP contribution >= 0.6 is 0 Å². The van der Waals surface area contributed by atoms with Gasteiger partial charge in [-0.15, -0.1) is 0 Å². The molecule has 6 heteroatoms. The number of ether oxygens (including phenoxy) is 1. The molecule has 120 valence electrons. The number of methoxy groups -OCH3 is 1. The van der Waals surface area contributed by atoms with E-state index in [0.29, 0.717) is 11.4 Å². The van der Waals surface area contributed by atoms with Crippen molar-refractivity contribution in [3.8, 4) is 5.75 Å². The van der Waals surface area contributed by atoms with Crippen molar-refractivity contribution in [1.29, 1.82) is 0 Å². The number of benzene rings is 1. The molecule has 2 amide bonds. The molecule has 0 aliphatic heterocycles. The highest BCUT2D eigenvalue weighted by Crippen LogP contribution is 2.16. The van der Waals surface area contributed by atoms with Gasteiger partial charge in [-0.05, 0) is 25.0 Å². The molecule has 0 heterocycles. The van der Waals surface area contributed by atoms with Gasteiger partial charge in [0.15, 0.2) is 0 Å². The van der Waals surface area contributed by atoms with Gasteiger partial charge >= 0.3 is 11.8 Å². The maximum absolute atomic E-state index is 11.8. The largest absolute Gasteiger partial charge is 0.497 e. The van der Waals surface area contributed by atoms with Gasteiger partial charge in [-0.25, -0.2) is 5.43 Å². The van der Waals surface area contributed by atoms with Gasteiger partial charge in [0.1, 0.15) is 5.75 Å². The van der Waals surface area contributed by atoms with E-state index in [2.05, 4.69) is 15.8 Å². The molecule has 1 aromatic carbocycles. The molecule has 22 heavy (non-hydrogen) atoms. The molecular weight excluding hydrogens is 282 g/mol. The number of carbonyl (C=O) groups is 2. The highest BCUT2D eigenvalue weighted by molar-refractivity contribution is 6.39. The van der Waals surface area contributed by atoms with Gasteiger partial charge in [0.05, 0.1) is 7.11 Å². The zero-order valence-electron chi connectivity index (χ0n) is 13.3. The summed E-state index contributed by atoms with van der Waals surface area (Å²) in [5.41, 5.74) is 3.69. The van der Waals surface area contributed by atoms with Gasteiger partial charge in [0.2, 0.25) is 0 Å². The fraction of sp³-hybridized carbons (Fsp3) is 0.438. The molecule has 0 aromatic heterocycles. The molecule has 0 radical (unpaired) electrons. The van der Waals surface area contributed by atoms with Crippen LogP contribution in [0.4, 0.5) is 5.69 Å². The smallest absolute Gasteiger partial charge is 0.329 e. The Morgan fingerprint density at radius 1 is 1.14 bits per heavy atom. The van der Waals surface area contributed by atoms with Crippen LogP contribution in [0.25, 0.3) is 0 Å². The van der Waals surface area contributed by atoms with Crippen LogP contribution in [0, 0.1) is 0 Å². The quantitative estimate of drug-likeness (QED) is 0.462. The Morgan fingerprint density at radius 3 is 2.41 bits per heavy atom. The summed E-state index contributed by atoms with van der Waals surface area (Å²) in [6.45, 7) is 4.09. The predicted octanol–water partition coefficient (Wildman–Crippen LogP) is 2.71. The lowest BCUT2D eigenvalue weighted by atomic mass is 10.1. The average Bonchev–Trinajstić information content (AvgIpc) is 2.52. The lowest BCUT2D eigenvalue weighted by Gasteiger charge is -2.07.